The first-order valence-electron chi connectivity index (χ1n) is 6.94. The molecule has 20 heavy (non-hydrogen) atoms. The number of para-hydroxylation sites is 1. The summed E-state index contributed by atoms with van der Waals surface area (Å²) in [6.45, 7) is 6.29. The number of benzene rings is 1. The average molecular weight is 270 g/mol. The number of nitrogens with zero attached hydrogens (tertiary/aromatic N) is 2. The lowest BCUT2D eigenvalue weighted by Gasteiger charge is -2.11. The van der Waals surface area contributed by atoms with Crippen LogP contribution in [0.4, 0.5) is 0 Å². The van der Waals surface area contributed by atoms with Crippen LogP contribution in [-0.4, -0.2) is 30.7 Å². The number of aryl methyl sites for hydroxylation is 1. The first-order chi connectivity index (χ1) is 9.85. The molecule has 2 rings (SSSR count). The van der Waals surface area contributed by atoms with Crippen LogP contribution in [-0.2, 0) is 6.54 Å². The van der Waals surface area contributed by atoms with Gasteiger partial charge in [-0.3, -0.25) is 4.99 Å². The Balaban J connectivity index is 1.80. The first-order valence-corrected chi connectivity index (χ1v) is 6.94. The number of hydrogen-bond donors (Lipinski definition) is 2. The van der Waals surface area contributed by atoms with E-state index in [1.807, 2.05) is 6.08 Å². The number of hydrogen-bond acceptors (Lipinski definition) is 1. The predicted molar refractivity (Wildman–Crippen MR) is 86.1 cm³/mol. The maximum absolute atomic E-state index is 4.15. The van der Waals surface area contributed by atoms with Gasteiger partial charge in [0.15, 0.2) is 5.96 Å². The standard InChI is InChI=1S/C16H22N4/c1-3-10-18-16(17-2)19-11-6-12-20-13-9-14-7-4-5-8-15(14)20/h3-5,7-9,13H,1,6,10-12H2,2H3,(H2,17,18,19). The molecule has 0 aliphatic carbocycles. The number of aromatic nitrogens is 1. The zero-order valence-corrected chi connectivity index (χ0v) is 12.0. The fraction of sp³-hybridized carbons (Fsp3) is 0.312. The van der Waals surface area contributed by atoms with Crippen molar-refractivity contribution in [1.82, 2.24) is 15.2 Å². The summed E-state index contributed by atoms with van der Waals surface area (Å²) in [7, 11) is 1.78. The van der Waals surface area contributed by atoms with E-state index in [4.69, 9.17) is 0 Å². The molecule has 0 bridgehead atoms. The van der Waals surface area contributed by atoms with Crippen LogP contribution in [0.3, 0.4) is 0 Å². The molecule has 4 heteroatoms. The maximum Gasteiger partial charge on any atom is 0.191 e. The van der Waals surface area contributed by atoms with Gasteiger partial charge < -0.3 is 15.2 Å². The van der Waals surface area contributed by atoms with Crippen molar-refractivity contribution in [2.75, 3.05) is 20.1 Å². The summed E-state index contributed by atoms with van der Waals surface area (Å²) >= 11 is 0. The van der Waals surface area contributed by atoms with Gasteiger partial charge in [0, 0.05) is 38.4 Å². The van der Waals surface area contributed by atoms with E-state index in [1.54, 1.807) is 7.05 Å². The molecule has 2 aromatic rings. The second kappa shape index (κ2) is 7.38. The van der Waals surface area contributed by atoms with Crippen LogP contribution in [0.1, 0.15) is 6.42 Å². The minimum absolute atomic E-state index is 0.724. The van der Waals surface area contributed by atoms with Crippen molar-refractivity contribution in [3.8, 4) is 0 Å². The fourth-order valence-electron chi connectivity index (χ4n) is 2.18. The topological polar surface area (TPSA) is 41.4 Å². The summed E-state index contributed by atoms with van der Waals surface area (Å²) in [6, 6.07) is 10.6. The van der Waals surface area contributed by atoms with Crippen molar-refractivity contribution >= 4 is 16.9 Å². The normalized spacial score (nSPS) is 11.6. The van der Waals surface area contributed by atoms with E-state index in [2.05, 4.69) is 63.3 Å². The number of rotatable bonds is 6. The van der Waals surface area contributed by atoms with Crippen molar-refractivity contribution in [2.24, 2.45) is 4.99 Å². The second-order valence-corrected chi connectivity index (χ2v) is 4.59. The van der Waals surface area contributed by atoms with Gasteiger partial charge >= 0.3 is 0 Å². The highest BCUT2D eigenvalue weighted by Gasteiger charge is 2.00. The zero-order valence-electron chi connectivity index (χ0n) is 12.0. The molecular weight excluding hydrogens is 248 g/mol. The van der Waals surface area contributed by atoms with Gasteiger partial charge in [0.05, 0.1) is 0 Å². The van der Waals surface area contributed by atoms with E-state index in [9.17, 15) is 0 Å². The third kappa shape index (κ3) is 3.63. The molecule has 0 aliphatic heterocycles. The molecular formula is C16H22N4. The maximum atomic E-state index is 4.15. The largest absolute Gasteiger partial charge is 0.356 e. The van der Waals surface area contributed by atoms with Crippen molar-refractivity contribution < 1.29 is 0 Å². The third-order valence-electron chi connectivity index (χ3n) is 3.19. The second-order valence-electron chi connectivity index (χ2n) is 4.59. The summed E-state index contributed by atoms with van der Waals surface area (Å²) in [5.74, 6) is 0.822. The first kappa shape index (κ1) is 14.2. The highest BCUT2D eigenvalue weighted by atomic mass is 15.2. The number of guanidine groups is 1. The Morgan fingerprint density at radius 1 is 1.30 bits per heavy atom. The Bertz CT molecular complexity index is 583. The highest BCUT2D eigenvalue weighted by Crippen LogP contribution is 2.14. The summed E-state index contributed by atoms with van der Waals surface area (Å²) in [6.07, 6.45) is 5.02. The molecule has 0 fully saturated rings. The fourth-order valence-corrected chi connectivity index (χ4v) is 2.18. The molecule has 0 saturated heterocycles. The number of nitrogens with one attached hydrogen (secondary N) is 2. The molecule has 0 aliphatic rings. The molecule has 0 saturated carbocycles. The van der Waals surface area contributed by atoms with Gasteiger partial charge in [-0.05, 0) is 23.9 Å². The van der Waals surface area contributed by atoms with Crippen LogP contribution in [0.25, 0.3) is 10.9 Å². The molecule has 0 spiro atoms. The SMILES string of the molecule is C=CCNC(=NC)NCCCn1ccc2ccccc21. The van der Waals surface area contributed by atoms with Crippen LogP contribution in [0.5, 0.6) is 0 Å². The summed E-state index contributed by atoms with van der Waals surface area (Å²) in [5.41, 5.74) is 1.29. The van der Waals surface area contributed by atoms with Gasteiger partial charge in [0.25, 0.3) is 0 Å². The Morgan fingerprint density at radius 3 is 2.95 bits per heavy atom. The molecule has 1 heterocycles. The summed E-state index contributed by atoms with van der Waals surface area (Å²) < 4.78 is 2.29. The van der Waals surface area contributed by atoms with Gasteiger partial charge in [-0.15, -0.1) is 6.58 Å². The van der Waals surface area contributed by atoms with E-state index >= 15 is 0 Å². The smallest absolute Gasteiger partial charge is 0.191 e. The van der Waals surface area contributed by atoms with E-state index in [0.29, 0.717) is 0 Å². The third-order valence-corrected chi connectivity index (χ3v) is 3.19. The minimum atomic E-state index is 0.724. The molecule has 0 atom stereocenters. The highest BCUT2D eigenvalue weighted by molar-refractivity contribution is 5.80. The van der Waals surface area contributed by atoms with Crippen molar-refractivity contribution in [3.05, 3.63) is 49.2 Å². The summed E-state index contributed by atoms with van der Waals surface area (Å²) in [5, 5.41) is 7.74. The van der Waals surface area contributed by atoms with Gasteiger partial charge in [-0.1, -0.05) is 24.3 Å². The van der Waals surface area contributed by atoms with Gasteiger partial charge in [-0.2, -0.15) is 0 Å². The van der Waals surface area contributed by atoms with Crippen LogP contribution in [0.15, 0.2) is 54.2 Å². The lowest BCUT2D eigenvalue weighted by atomic mass is 10.2. The lowest BCUT2D eigenvalue weighted by Crippen LogP contribution is -2.37. The Morgan fingerprint density at radius 2 is 2.15 bits per heavy atom. The number of aliphatic imine (C=N–C) groups is 1. The van der Waals surface area contributed by atoms with Crippen molar-refractivity contribution in [2.45, 2.75) is 13.0 Å². The van der Waals surface area contributed by atoms with Crippen LogP contribution in [0.2, 0.25) is 0 Å². The molecule has 0 unspecified atom stereocenters. The molecule has 0 radical (unpaired) electrons. The molecule has 0 amide bonds. The molecule has 4 nitrogen and oxygen atoms in total. The van der Waals surface area contributed by atoms with E-state index in [1.165, 1.54) is 10.9 Å². The van der Waals surface area contributed by atoms with Crippen molar-refractivity contribution in [1.29, 1.82) is 0 Å². The van der Waals surface area contributed by atoms with Gasteiger partial charge in [-0.25, -0.2) is 0 Å². The van der Waals surface area contributed by atoms with Crippen LogP contribution < -0.4 is 10.6 Å². The van der Waals surface area contributed by atoms with Crippen molar-refractivity contribution in [3.63, 3.8) is 0 Å². The van der Waals surface area contributed by atoms with E-state index in [-0.39, 0.29) is 0 Å². The Hall–Kier alpha value is -2.23. The average Bonchev–Trinajstić information content (AvgIpc) is 2.90. The van der Waals surface area contributed by atoms with E-state index in [0.717, 1.165) is 32.0 Å². The molecule has 2 N–H and O–H groups in total. The van der Waals surface area contributed by atoms with Crippen LogP contribution in [0, 0.1) is 0 Å². The predicted octanol–water partition coefficient (Wildman–Crippen LogP) is 2.38. The lowest BCUT2D eigenvalue weighted by molar-refractivity contribution is 0.642. The minimum Gasteiger partial charge on any atom is -0.356 e. The molecule has 1 aromatic carbocycles. The quantitative estimate of drug-likeness (QED) is 0.366. The molecule has 1 aromatic heterocycles. The Kier molecular flexibility index (Phi) is 5.24. The van der Waals surface area contributed by atoms with Gasteiger partial charge in [0.1, 0.15) is 0 Å². The molecule has 106 valence electrons. The number of fused-ring (bicyclic) bond motifs is 1. The monoisotopic (exact) mass is 270 g/mol. The van der Waals surface area contributed by atoms with Crippen LogP contribution >= 0.6 is 0 Å². The van der Waals surface area contributed by atoms with E-state index < -0.39 is 0 Å². The summed E-state index contributed by atoms with van der Waals surface area (Å²) in [4.78, 5) is 4.15. The zero-order chi connectivity index (χ0) is 14.2. The van der Waals surface area contributed by atoms with Gasteiger partial charge in [0.2, 0.25) is 0 Å². The Labute approximate surface area is 120 Å².